The molecule has 3 heterocycles. The van der Waals surface area contributed by atoms with E-state index in [1.165, 1.54) is 16.9 Å². The smallest absolute Gasteiger partial charge is 0.265 e. The van der Waals surface area contributed by atoms with E-state index in [4.69, 9.17) is 9.72 Å². The van der Waals surface area contributed by atoms with Gasteiger partial charge in [-0.1, -0.05) is 12.1 Å². The van der Waals surface area contributed by atoms with Crippen molar-refractivity contribution in [2.45, 2.75) is 32.6 Å². The minimum atomic E-state index is 0.111. The van der Waals surface area contributed by atoms with Crippen molar-refractivity contribution in [3.05, 3.63) is 63.9 Å². The summed E-state index contributed by atoms with van der Waals surface area (Å²) < 4.78 is 5.26. The van der Waals surface area contributed by atoms with Crippen LogP contribution in [-0.4, -0.2) is 41.0 Å². The molecule has 2 aromatic heterocycles. The van der Waals surface area contributed by atoms with Crippen LogP contribution in [0.3, 0.4) is 0 Å². The highest BCUT2D eigenvalue weighted by Crippen LogP contribution is 2.32. The van der Waals surface area contributed by atoms with Gasteiger partial charge in [0.05, 0.1) is 18.3 Å². The van der Waals surface area contributed by atoms with Gasteiger partial charge in [0.25, 0.3) is 5.91 Å². The fourth-order valence-electron chi connectivity index (χ4n) is 3.88. The van der Waals surface area contributed by atoms with E-state index in [9.17, 15) is 4.79 Å². The molecule has 6 heteroatoms. The summed E-state index contributed by atoms with van der Waals surface area (Å²) in [5.74, 6) is 1.34. The molecule has 1 aliphatic rings. The van der Waals surface area contributed by atoms with Gasteiger partial charge in [0.2, 0.25) is 0 Å². The molecule has 0 radical (unpaired) electrons. The lowest BCUT2D eigenvalue weighted by Crippen LogP contribution is -2.38. The van der Waals surface area contributed by atoms with Crippen LogP contribution < -0.4 is 4.74 Å². The Bertz CT molecular complexity index is 1010. The third-order valence-electron chi connectivity index (χ3n) is 5.54. The largest absolute Gasteiger partial charge is 0.497 e. The summed E-state index contributed by atoms with van der Waals surface area (Å²) in [6.07, 6.45) is 1.87. The van der Waals surface area contributed by atoms with E-state index in [-0.39, 0.29) is 5.91 Å². The van der Waals surface area contributed by atoms with E-state index in [1.54, 1.807) is 12.6 Å². The molecule has 150 valence electrons. The summed E-state index contributed by atoms with van der Waals surface area (Å²) in [6, 6.07) is 12.4. The zero-order valence-electron chi connectivity index (χ0n) is 17.0. The monoisotopic (exact) mass is 407 g/mol. The van der Waals surface area contributed by atoms with Gasteiger partial charge < -0.3 is 9.64 Å². The molecule has 0 unspecified atom stereocenters. The normalized spacial score (nSPS) is 14.8. The predicted octanol–water partition coefficient (Wildman–Crippen LogP) is 4.85. The molecule has 0 bridgehead atoms. The van der Waals surface area contributed by atoms with Crippen LogP contribution in [0.4, 0.5) is 0 Å². The van der Waals surface area contributed by atoms with E-state index >= 15 is 0 Å². The van der Waals surface area contributed by atoms with Crippen molar-refractivity contribution in [2.75, 3.05) is 20.2 Å². The van der Waals surface area contributed by atoms with E-state index in [0.29, 0.717) is 5.92 Å². The molecular weight excluding hydrogens is 382 g/mol. The Kier molecular flexibility index (Phi) is 5.62. The predicted molar refractivity (Wildman–Crippen MR) is 116 cm³/mol. The number of likely N-dealkylation sites (tertiary alicyclic amines) is 1. The van der Waals surface area contributed by atoms with Crippen molar-refractivity contribution in [2.24, 2.45) is 0 Å². The van der Waals surface area contributed by atoms with Gasteiger partial charge >= 0.3 is 0 Å². The van der Waals surface area contributed by atoms with Gasteiger partial charge in [0.15, 0.2) is 0 Å². The molecule has 4 rings (SSSR count). The van der Waals surface area contributed by atoms with Crippen LogP contribution in [0.25, 0.3) is 11.1 Å². The SMILES string of the molecule is COc1ccc(-c2cc(C)nc(C3CCN(C(=O)c4scnc4C)CC3)c2)cc1. The number of carbonyl (C=O) groups excluding carboxylic acids is 1. The molecule has 0 spiro atoms. The lowest BCUT2D eigenvalue weighted by Gasteiger charge is -2.31. The van der Waals surface area contributed by atoms with Crippen molar-refractivity contribution in [3.8, 4) is 16.9 Å². The Hall–Kier alpha value is -2.73. The molecule has 0 atom stereocenters. The average molecular weight is 408 g/mol. The number of aryl methyl sites for hydroxylation is 2. The van der Waals surface area contributed by atoms with Crippen LogP contribution >= 0.6 is 11.3 Å². The van der Waals surface area contributed by atoms with Gasteiger partial charge in [-0.3, -0.25) is 9.78 Å². The van der Waals surface area contributed by atoms with Crippen molar-refractivity contribution < 1.29 is 9.53 Å². The van der Waals surface area contributed by atoms with Crippen LogP contribution in [0, 0.1) is 13.8 Å². The molecule has 3 aromatic rings. The number of aromatic nitrogens is 2. The zero-order chi connectivity index (χ0) is 20.4. The number of thiazole rings is 1. The highest BCUT2D eigenvalue weighted by atomic mass is 32.1. The maximum atomic E-state index is 12.7. The summed E-state index contributed by atoms with van der Waals surface area (Å²) >= 11 is 1.43. The van der Waals surface area contributed by atoms with Gasteiger partial charge in [0.1, 0.15) is 10.6 Å². The first-order chi connectivity index (χ1) is 14.0. The quantitative estimate of drug-likeness (QED) is 0.620. The third-order valence-corrected chi connectivity index (χ3v) is 6.45. The standard InChI is InChI=1S/C23H25N3O2S/c1-15-12-19(17-4-6-20(28-3)7-5-17)13-21(25-15)18-8-10-26(11-9-18)23(27)22-16(2)24-14-29-22/h4-7,12-14,18H,8-11H2,1-3H3. The Morgan fingerprint density at radius 2 is 1.83 bits per heavy atom. The number of hydrogen-bond acceptors (Lipinski definition) is 5. The lowest BCUT2D eigenvalue weighted by atomic mass is 9.91. The Labute approximate surface area is 175 Å². The molecule has 5 nitrogen and oxygen atoms in total. The molecule has 1 fully saturated rings. The van der Waals surface area contributed by atoms with Crippen LogP contribution in [0.1, 0.15) is 45.5 Å². The second kappa shape index (κ2) is 8.33. The van der Waals surface area contributed by atoms with Crippen molar-refractivity contribution in [1.29, 1.82) is 0 Å². The van der Waals surface area contributed by atoms with Crippen LogP contribution in [0.2, 0.25) is 0 Å². The lowest BCUT2D eigenvalue weighted by molar-refractivity contribution is 0.0716. The van der Waals surface area contributed by atoms with Gasteiger partial charge in [-0.2, -0.15) is 0 Å². The van der Waals surface area contributed by atoms with E-state index in [0.717, 1.165) is 59.2 Å². The number of methoxy groups -OCH3 is 1. The van der Waals surface area contributed by atoms with Crippen molar-refractivity contribution in [1.82, 2.24) is 14.9 Å². The van der Waals surface area contributed by atoms with Crippen LogP contribution in [0.5, 0.6) is 5.75 Å². The summed E-state index contributed by atoms with van der Waals surface area (Å²) in [4.78, 5) is 24.5. The fourth-order valence-corrected chi connectivity index (χ4v) is 4.65. The van der Waals surface area contributed by atoms with Crippen molar-refractivity contribution in [3.63, 3.8) is 0 Å². The van der Waals surface area contributed by atoms with Crippen LogP contribution in [0.15, 0.2) is 41.9 Å². The fraction of sp³-hybridized carbons (Fsp3) is 0.348. The third kappa shape index (κ3) is 4.17. The van der Waals surface area contributed by atoms with E-state index < -0.39 is 0 Å². The first-order valence-corrected chi connectivity index (χ1v) is 10.8. The highest BCUT2D eigenvalue weighted by molar-refractivity contribution is 7.11. The second-order valence-electron chi connectivity index (χ2n) is 7.48. The molecule has 1 amide bonds. The van der Waals surface area contributed by atoms with E-state index in [1.807, 2.05) is 30.9 Å². The number of nitrogens with zero attached hydrogens (tertiary/aromatic N) is 3. The molecule has 1 saturated heterocycles. The van der Waals surface area contributed by atoms with Crippen molar-refractivity contribution >= 4 is 17.2 Å². The number of rotatable bonds is 4. The number of hydrogen-bond donors (Lipinski definition) is 0. The average Bonchev–Trinajstić information content (AvgIpc) is 3.19. The number of pyridine rings is 1. The molecule has 0 N–H and O–H groups in total. The van der Waals surface area contributed by atoms with Gasteiger partial charge in [0, 0.05) is 30.4 Å². The maximum absolute atomic E-state index is 12.7. The molecule has 0 aliphatic carbocycles. The number of piperidine rings is 1. The molecule has 29 heavy (non-hydrogen) atoms. The Morgan fingerprint density at radius 3 is 2.45 bits per heavy atom. The number of benzene rings is 1. The summed E-state index contributed by atoms with van der Waals surface area (Å²) in [5, 5.41) is 0. The second-order valence-corrected chi connectivity index (χ2v) is 8.34. The molecule has 1 aliphatic heterocycles. The van der Waals surface area contributed by atoms with Gasteiger partial charge in [-0.25, -0.2) is 4.98 Å². The maximum Gasteiger partial charge on any atom is 0.265 e. The van der Waals surface area contributed by atoms with Crippen LogP contribution in [-0.2, 0) is 0 Å². The summed E-state index contributed by atoms with van der Waals surface area (Å²) in [5.41, 5.74) is 7.04. The van der Waals surface area contributed by atoms with E-state index in [2.05, 4.69) is 29.2 Å². The van der Waals surface area contributed by atoms with Gasteiger partial charge in [-0.05, 0) is 62.1 Å². The molecule has 0 saturated carbocycles. The highest BCUT2D eigenvalue weighted by Gasteiger charge is 2.27. The minimum absolute atomic E-state index is 0.111. The first-order valence-electron chi connectivity index (χ1n) is 9.87. The number of carbonyl (C=O) groups is 1. The number of ether oxygens (including phenoxy) is 1. The first kappa shape index (κ1) is 19.6. The topological polar surface area (TPSA) is 55.3 Å². The molecule has 1 aromatic carbocycles. The zero-order valence-corrected chi connectivity index (χ0v) is 17.8. The van der Waals surface area contributed by atoms with Gasteiger partial charge in [-0.15, -0.1) is 11.3 Å². The summed E-state index contributed by atoms with van der Waals surface area (Å²) in [6.45, 7) is 5.46. The minimum Gasteiger partial charge on any atom is -0.497 e. The Balaban J connectivity index is 1.49. The summed E-state index contributed by atoms with van der Waals surface area (Å²) in [7, 11) is 1.68. The Morgan fingerprint density at radius 1 is 1.10 bits per heavy atom. The molecular formula is C23H25N3O2S. The number of amides is 1.